The van der Waals surface area contributed by atoms with Crippen LogP contribution >= 0.6 is 0 Å². The van der Waals surface area contributed by atoms with Crippen LogP contribution in [-0.2, 0) is 26.2 Å². The Balaban J connectivity index is 0.00000200. The maximum atomic E-state index is 11.7. The molecule has 2 aromatic rings. The largest absolute Gasteiger partial charge is 1.00 e. The van der Waals surface area contributed by atoms with E-state index in [1.165, 1.54) is 24.3 Å². The molecule has 4 nitrogen and oxygen atoms in total. The monoisotopic (exact) mass is 340 g/mol. The zero-order chi connectivity index (χ0) is 13.9. The van der Waals surface area contributed by atoms with Crippen LogP contribution in [0.3, 0.4) is 0 Å². The van der Waals surface area contributed by atoms with E-state index < -0.39 is 26.2 Å². The minimum absolute atomic E-state index is 0. The first-order chi connectivity index (χ1) is 9.10. The van der Waals surface area contributed by atoms with Gasteiger partial charge in [0.2, 0.25) is 0 Å². The van der Waals surface area contributed by atoms with Crippen molar-refractivity contribution in [1.82, 2.24) is 0 Å². The maximum Gasteiger partial charge on any atom is 1.00 e. The third kappa shape index (κ3) is 4.35. The van der Waals surface area contributed by atoms with Crippen LogP contribution in [0.25, 0.3) is 0 Å². The van der Waals surface area contributed by atoms with Gasteiger partial charge in [0.05, 0.1) is 0 Å². The van der Waals surface area contributed by atoms with Gasteiger partial charge in [-0.05, 0) is 33.3 Å². The van der Waals surface area contributed by atoms with Crippen molar-refractivity contribution in [1.29, 1.82) is 0 Å². The first-order valence-corrected chi connectivity index (χ1v) is 7.55. The van der Waals surface area contributed by atoms with Crippen LogP contribution in [0.15, 0.2) is 60.7 Å². The van der Waals surface area contributed by atoms with Crippen LogP contribution in [0.4, 0.5) is 0 Å². The van der Waals surface area contributed by atoms with E-state index in [4.69, 9.17) is 0 Å². The predicted octanol–water partition coefficient (Wildman–Crippen LogP) is -4.35. The average molecular weight is 340 g/mol. The molecule has 0 heterocycles. The number of hydrogen-bond acceptors (Lipinski definition) is 4. The van der Waals surface area contributed by atoms with Crippen molar-refractivity contribution in [3.8, 4) is 0 Å². The van der Waals surface area contributed by atoms with E-state index in [1.54, 1.807) is 36.4 Å². The van der Waals surface area contributed by atoms with Crippen LogP contribution in [-0.4, -0.2) is 17.5 Å². The van der Waals surface area contributed by atoms with Gasteiger partial charge in [0.1, 0.15) is 4.08 Å². The molecule has 21 heavy (non-hydrogen) atoms. The summed E-state index contributed by atoms with van der Waals surface area (Å²) >= 11 is -5.71. The van der Waals surface area contributed by atoms with Crippen LogP contribution in [0, 0.1) is 0 Å². The Hall–Kier alpha value is 0.660. The summed E-state index contributed by atoms with van der Waals surface area (Å²) in [4.78, 5) is 0. The molecule has 100 valence electrons. The second-order valence-corrected chi connectivity index (χ2v) is 6.24. The van der Waals surface area contributed by atoms with E-state index in [0.717, 1.165) is 0 Å². The smallest absolute Gasteiger partial charge is 0.771 e. The van der Waals surface area contributed by atoms with Gasteiger partial charge in [-0.15, -0.1) is 0 Å². The van der Waals surface area contributed by atoms with Crippen molar-refractivity contribution in [2.24, 2.45) is 0 Å². The van der Waals surface area contributed by atoms with Crippen LogP contribution < -0.4 is 59.1 Å². The molecule has 0 bridgehead atoms. The maximum absolute atomic E-state index is 11.7. The van der Waals surface area contributed by atoms with Gasteiger partial charge in [0, 0.05) is 0 Å². The Morgan fingerprint density at radius 3 is 1.19 bits per heavy atom. The molecular formula is C13H10Na2O4S2. The molecule has 0 aliphatic heterocycles. The molecule has 2 aromatic carbocycles. The predicted molar refractivity (Wildman–Crippen MR) is 71.5 cm³/mol. The zero-order valence-electron chi connectivity index (χ0n) is 11.7. The number of rotatable bonds is 4. The third-order valence-corrected chi connectivity index (χ3v) is 5.48. The van der Waals surface area contributed by atoms with Crippen molar-refractivity contribution < 1.29 is 76.6 Å². The molecule has 0 aliphatic carbocycles. The first kappa shape index (κ1) is 21.7. The van der Waals surface area contributed by atoms with Crippen molar-refractivity contribution >= 4 is 22.2 Å². The molecule has 2 unspecified atom stereocenters. The van der Waals surface area contributed by atoms with Crippen LogP contribution in [0.1, 0.15) is 11.1 Å². The summed E-state index contributed by atoms with van der Waals surface area (Å²) in [5.74, 6) is 0. The van der Waals surface area contributed by atoms with E-state index in [-0.39, 0.29) is 70.2 Å². The Morgan fingerprint density at radius 1 is 0.667 bits per heavy atom. The van der Waals surface area contributed by atoms with Gasteiger partial charge in [-0.3, -0.25) is 8.42 Å². The Bertz CT molecular complexity index is 553. The summed E-state index contributed by atoms with van der Waals surface area (Å²) in [6, 6.07) is 15.7. The summed E-state index contributed by atoms with van der Waals surface area (Å²) in [6.07, 6.45) is 0. The van der Waals surface area contributed by atoms with Gasteiger partial charge >= 0.3 is 59.1 Å². The SMILES string of the molecule is O=S([O-])C(c1ccccc1)(c1ccccc1)S(=O)[O-].[Na+].[Na+]. The summed E-state index contributed by atoms with van der Waals surface area (Å²) in [7, 11) is 0. The van der Waals surface area contributed by atoms with Gasteiger partial charge in [-0.25, -0.2) is 0 Å². The molecule has 0 aromatic heterocycles. The van der Waals surface area contributed by atoms with E-state index >= 15 is 0 Å². The van der Waals surface area contributed by atoms with E-state index in [0.29, 0.717) is 0 Å². The Morgan fingerprint density at radius 2 is 0.952 bits per heavy atom. The van der Waals surface area contributed by atoms with Gasteiger partial charge in [-0.2, -0.15) is 0 Å². The number of benzene rings is 2. The topological polar surface area (TPSA) is 80.3 Å². The van der Waals surface area contributed by atoms with E-state index in [1.807, 2.05) is 0 Å². The van der Waals surface area contributed by atoms with Crippen molar-refractivity contribution in [3.63, 3.8) is 0 Å². The Kier molecular flexibility index (Phi) is 10.0. The summed E-state index contributed by atoms with van der Waals surface area (Å²) in [5, 5.41) is 0. The van der Waals surface area contributed by atoms with Crippen molar-refractivity contribution in [3.05, 3.63) is 71.8 Å². The minimum Gasteiger partial charge on any atom is -0.771 e. The van der Waals surface area contributed by atoms with Gasteiger partial charge in [0.15, 0.2) is 0 Å². The zero-order valence-corrected chi connectivity index (χ0v) is 17.4. The standard InChI is InChI=1S/C13H12O4S2.2Na/c14-18(15)13(19(16)17,11-7-3-1-4-8-11)12-9-5-2-6-10-12;;/h1-10H,(H,14,15)(H,16,17);;/q;2*+1/p-2. The summed E-state index contributed by atoms with van der Waals surface area (Å²) in [5.41, 5.74) is 0.394. The van der Waals surface area contributed by atoms with Gasteiger partial charge in [0.25, 0.3) is 0 Å². The average Bonchev–Trinajstić information content (AvgIpc) is 2.41. The summed E-state index contributed by atoms with van der Waals surface area (Å²) < 4.78 is 44.6. The first-order valence-electron chi connectivity index (χ1n) is 5.40. The molecule has 2 atom stereocenters. The molecule has 0 saturated carbocycles. The van der Waals surface area contributed by atoms with Crippen molar-refractivity contribution in [2.45, 2.75) is 4.08 Å². The Labute approximate surface area is 172 Å². The number of hydrogen-bond donors (Lipinski definition) is 0. The second-order valence-electron chi connectivity index (χ2n) is 3.82. The molecule has 0 saturated heterocycles. The second kappa shape index (κ2) is 9.72. The quantitative estimate of drug-likeness (QED) is 0.416. The van der Waals surface area contributed by atoms with Gasteiger partial charge in [-0.1, -0.05) is 60.7 Å². The van der Waals surface area contributed by atoms with Crippen molar-refractivity contribution in [2.75, 3.05) is 0 Å². The molecule has 0 aliphatic rings. The van der Waals surface area contributed by atoms with E-state index in [2.05, 4.69) is 0 Å². The molecule has 0 amide bonds. The third-order valence-electron chi connectivity index (χ3n) is 2.78. The van der Waals surface area contributed by atoms with Crippen LogP contribution in [0.2, 0.25) is 0 Å². The normalized spacial score (nSPS) is 13.4. The molecule has 0 radical (unpaired) electrons. The fourth-order valence-corrected chi connectivity index (χ4v) is 3.68. The molecule has 0 spiro atoms. The molecule has 8 heteroatoms. The van der Waals surface area contributed by atoms with Crippen LogP contribution in [0.5, 0.6) is 0 Å². The minimum atomic E-state index is -2.86. The fraction of sp³-hybridized carbons (Fsp3) is 0.0769. The fourth-order valence-electron chi connectivity index (χ4n) is 1.92. The molecule has 0 N–H and O–H groups in total. The molecule has 0 fully saturated rings. The molecular weight excluding hydrogens is 330 g/mol. The molecule has 2 rings (SSSR count). The summed E-state index contributed by atoms with van der Waals surface area (Å²) in [6.45, 7) is 0. The van der Waals surface area contributed by atoms with Gasteiger partial charge < -0.3 is 9.11 Å². The van der Waals surface area contributed by atoms with E-state index in [9.17, 15) is 17.5 Å².